The molecule has 0 fully saturated rings. The summed E-state index contributed by atoms with van der Waals surface area (Å²) in [5.41, 5.74) is 1.61. The quantitative estimate of drug-likeness (QED) is 0.496. The first kappa shape index (κ1) is 23.7. The molecule has 0 aliphatic heterocycles. The average molecular weight is 451 g/mol. The van der Waals surface area contributed by atoms with E-state index in [1.807, 2.05) is 30.3 Å². The molecule has 1 aromatic heterocycles. The molecular weight excluding hydrogens is 425 g/mol. The molecule has 0 saturated carbocycles. The molecule has 1 heterocycles. The summed E-state index contributed by atoms with van der Waals surface area (Å²) < 4.78 is 18.2. The Kier molecular flexibility index (Phi) is 8.35. The predicted octanol–water partition coefficient (Wildman–Crippen LogP) is 2.92. The number of nitrogens with zero attached hydrogens (tertiary/aromatic N) is 1. The monoisotopic (exact) mass is 451 g/mol. The second kappa shape index (κ2) is 11.6. The van der Waals surface area contributed by atoms with Crippen LogP contribution in [-0.2, 0) is 22.6 Å². The molecule has 0 radical (unpaired) electrons. The number of hydrogen-bond donors (Lipinski definition) is 2. The zero-order valence-electron chi connectivity index (χ0n) is 18.3. The van der Waals surface area contributed by atoms with Gasteiger partial charge in [-0.15, -0.1) is 0 Å². The van der Waals surface area contributed by atoms with Crippen LogP contribution < -0.4 is 10.6 Å². The number of rotatable bonds is 10. The molecule has 33 heavy (non-hydrogen) atoms. The Morgan fingerprint density at radius 1 is 0.970 bits per heavy atom. The standard InChI is InChI=1S/C25H26FN3O4/c1-2-29(17-23(30)27-16-19-10-12-20(26)13-11-19)25(32)21(15-18-7-4-3-5-8-18)28-24(31)22-9-6-14-33-22/h3-14,21H,2,15-17H2,1H3,(H,27,30)(H,28,31). The number of benzene rings is 2. The zero-order valence-corrected chi connectivity index (χ0v) is 18.3. The van der Waals surface area contributed by atoms with E-state index in [0.717, 1.165) is 11.1 Å². The molecule has 0 spiro atoms. The molecule has 0 aliphatic carbocycles. The third-order valence-electron chi connectivity index (χ3n) is 5.06. The number of halogens is 1. The molecule has 0 aliphatic rings. The van der Waals surface area contributed by atoms with E-state index in [1.54, 1.807) is 25.1 Å². The van der Waals surface area contributed by atoms with Crippen molar-refractivity contribution < 1.29 is 23.2 Å². The van der Waals surface area contributed by atoms with Crippen LogP contribution in [0.1, 0.15) is 28.6 Å². The Hall–Kier alpha value is -3.94. The molecule has 1 unspecified atom stereocenters. The molecule has 3 amide bonds. The summed E-state index contributed by atoms with van der Waals surface area (Å²) in [5, 5.41) is 5.46. The van der Waals surface area contributed by atoms with Gasteiger partial charge in [-0.1, -0.05) is 42.5 Å². The van der Waals surface area contributed by atoms with Gasteiger partial charge in [-0.25, -0.2) is 4.39 Å². The highest BCUT2D eigenvalue weighted by Gasteiger charge is 2.28. The van der Waals surface area contributed by atoms with Gasteiger partial charge in [0.1, 0.15) is 11.9 Å². The van der Waals surface area contributed by atoms with Crippen LogP contribution in [0.5, 0.6) is 0 Å². The van der Waals surface area contributed by atoms with Crippen LogP contribution in [0.4, 0.5) is 4.39 Å². The Morgan fingerprint density at radius 2 is 1.70 bits per heavy atom. The van der Waals surface area contributed by atoms with E-state index in [2.05, 4.69) is 10.6 Å². The van der Waals surface area contributed by atoms with Crippen LogP contribution in [0, 0.1) is 5.82 Å². The summed E-state index contributed by atoms with van der Waals surface area (Å²) in [6, 6.07) is 17.3. The molecule has 7 nitrogen and oxygen atoms in total. The highest BCUT2D eigenvalue weighted by molar-refractivity contribution is 5.96. The van der Waals surface area contributed by atoms with Crippen molar-refractivity contribution in [2.45, 2.75) is 25.9 Å². The highest BCUT2D eigenvalue weighted by Crippen LogP contribution is 2.09. The van der Waals surface area contributed by atoms with Crippen LogP contribution in [0.15, 0.2) is 77.4 Å². The summed E-state index contributed by atoms with van der Waals surface area (Å²) in [4.78, 5) is 39.7. The van der Waals surface area contributed by atoms with Crippen molar-refractivity contribution in [1.82, 2.24) is 15.5 Å². The van der Waals surface area contributed by atoms with Crippen LogP contribution >= 0.6 is 0 Å². The van der Waals surface area contributed by atoms with Crippen LogP contribution in [0.3, 0.4) is 0 Å². The Bertz CT molecular complexity index is 1050. The van der Waals surface area contributed by atoms with Crippen molar-refractivity contribution >= 4 is 17.7 Å². The maximum absolute atomic E-state index is 13.3. The number of likely N-dealkylation sites (N-methyl/N-ethyl adjacent to an activating group) is 1. The van der Waals surface area contributed by atoms with Crippen LogP contribution in [0.2, 0.25) is 0 Å². The second-order valence-electron chi connectivity index (χ2n) is 7.45. The molecule has 1 atom stereocenters. The largest absolute Gasteiger partial charge is 0.459 e. The summed E-state index contributed by atoms with van der Waals surface area (Å²) >= 11 is 0. The molecular formula is C25H26FN3O4. The van der Waals surface area contributed by atoms with Crippen LogP contribution in [-0.4, -0.2) is 41.8 Å². The Labute approximate surface area is 191 Å². The molecule has 3 rings (SSSR count). The lowest BCUT2D eigenvalue weighted by molar-refractivity contribution is -0.137. The number of furan rings is 1. The lowest BCUT2D eigenvalue weighted by Crippen LogP contribution is -2.51. The molecule has 0 bridgehead atoms. The van der Waals surface area contributed by atoms with Gasteiger partial charge in [0.15, 0.2) is 5.76 Å². The fourth-order valence-electron chi connectivity index (χ4n) is 3.29. The SMILES string of the molecule is CCN(CC(=O)NCc1ccc(F)cc1)C(=O)C(Cc1ccccc1)NC(=O)c1ccco1. The highest BCUT2D eigenvalue weighted by atomic mass is 19.1. The summed E-state index contributed by atoms with van der Waals surface area (Å²) in [6.07, 6.45) is 1.65. The van der Waals surface area contributed by atoms with Crippen molar-refractivity contribution in [3.05, 3.63) is 95.7 Å². The van der Waals surface area contributed by atoms with Crippen molar-refractivity contribution in [2.24, 2.45) is 0 Å². The van der Waals surface area contributed by atoms with E-state index < -0.39 is 11.9 Å². The fraction of sp³-hybridized carbons (Fsp3) is 0.240. The smallest absolute Gasteiger partial charge is 0.287 e. The molecule has 2 aromatic carbocycles. The van der Waals surface area contributed by atoms with Crippen molar-refractivity contribution in [3.8, 4) is 0 Å². The van der Waals surface area contributed by atoms with Crippen molar-refractivity contribution in [3.63, 3.8) is 0 Å². The molecule has 172 valence electrons. The minimum Gasteiger partial charge on any atom is -0.459 e. The van der Waals surface area contributed by atoms with E-state index >= 15 is 0 Å². The van der Waals surface area contributed by atoms with E-state index in [9.17, 15) is 18.8 Å². The van der Waals surface area contributed by atoms with Gasteiger partial charge < -0.3 is 20.0 Å². The molecule has 8 heteroatoms. The fourth-order valence-corrected chi connectivity index (χ4v) is 3.29. The average Bonchev–Trinajstić information content (AvgIpc) is 3.37. The molecule has 2 N–H and O–H groups in total. The van der Waals surface area contributed by atoms with E-state index in [0.29, 0.717) is 0 Å². The number of amides is 3. The third kappa shape index (κ3) is 7.03. The minimum absolute atomic E-state index is 0.0981. The van der Waals surface area contributed by atoms with Gasteiger partial charge in [0, 0.05) is 19.5 Å². The van der Waals surface area contributed by atoms with E-state index in [1.165, 1.54) is 29.4 Å². The Balaban J connectivity index is 1.66. The maximum atomic E-state index is 13.3. The van der Waals surface area contributed by atoms with Crippen molar-refractivity contribution in [2.75, 3.05) is 13.1 Å². The number of nitrogens with one attached hydrogen (secondary N) is 2. The second-order valence-corrected chi connectivity index (χ2v) is 7.45. The van der Waals surface area contributed by atoms with E-state index in [4.69, 9.17) is 4.42 Å². The molecule has 0 saturated heterocycles. The van der Waals surface area contributed by atoms with Gasteiger partial charge in [0.05, 0.1) is 12.8 Å². The first-order valence-corrected chi connectivity index (χ1v) is 10.6. The van der Waals surface area contributed by atoms with Gasteiger partial charge in [0.2, 0.25) is 11.8 Å². The maximum Gasteiger partial charge on any atom is 0.287 e. The Morgan fingerprint density at radius 3 is 2.33 bits per heavy atom. The number of hydrogen-bond acceptors (Lipinski definition) is 4. The van der Waals surface area contributed by atoms with Gasteiger partial charge in [-0.3, -0.25) is 14.4 Å². The van der Waals surface area contributed by atoms with E-state index in [-0.39, 0.29) is 49.4 Å². The summed E-state index contributed by atoms with van der Waals surface area (Å²) in [6.45, 7) is 2.09. The van der Waals surface area contributed by atoms with Gasteiger partial charge in [0.25, 0.3) is 5.91 Å². The lowest BCUT2D eigenvalue weighted by atomic mass is 10.0. The van der Waals surface area contributed by atoms with Gasteiger partial charge in [-0.2, -0.15) is 0 Å². The number of carbonyl (C=O) groups excluding carboxylic acids is 3. The minimum atomic E-state index is -0.880. The summed E-state index contributed by atoms with van der Waals surface area (Å²) in [7, 11) is 0. The van der Waals surface area contributed by atoms with Crippen LogP contribution in [0.25, 0.3) is 0 Å². The third-order valence-corrected chi connectivity index (χ3v) is 5.06. The predicted molar refractivity (Wildman–Crippen MR) is 121 cm³/mol. The topological polar surface area (TPSA) is 91.7 Å². The first-order chi connectivity index (χ1) is 16.0. The van der Waals surface area contributed by atoms with Crippen molar-refractivity contribution in [1.29, 1.82) is 0 Å². The lowest BCUT2D eigenvalue weighted by Gasteiger charge is -2.26. The molecule has 3 aromatic rings. The first-order valence-electron chi connectivity index (χ1n) is 10.6. The normalized spacial score (nSPS) is 11.5. The number of carbonyl (C=O) groups is 3. The van der Waals surface area contributed by atoms with Gasteiger partial charge >= 0.3 is 0 Å². The van der Waals surface area contributed by atoms with Gasteiger partial charge in [-0.05, 0) is 42.3 Å². The summed E-state index contributed by atoms with van der Waals surface area (Å²) in [5.74, 6) is -1.50. The zero-order chi connectivity index (χ0) is 23.6.